The second kappa shape index (κ2) is 3.67. The van der Waals surface area contributed by atoms with Gasteiger partial charge in [-0.05, 0) is 30.6 Å². The van der Waals surface area contributed by atoms with Gasteiger partial charge >= 0.3 is 0 Å². The maximum absolute atomic E-state index is 3.42. The lowest BCUT2D eigenvalue weighted by Crippen LogP contribution is -2.45. The molecule has 0 spiro atoms. The Morgan fingerprint density at radius 1 is 1.14 bits per heavy atom. The van der Waals surface area contributed by atoms with Gasteiger partial charge in [-0.15, -0.1) is 0 Å². The molecule has 14 heavy (non-hydrogen) atoms. The monoisotopic (exact) mass is 192 g/mol. The Morgan fingerprint density at radius 2 is 2.00 bits per heavy atom. The van der Waals surface area contributed by atoms with Gasteiger partial charge in [0.25, 0.3) is 0 Å². The van der Waals surface area contributed by atoms with Crippen LogP contribution in [0.4, 0.5) is 0 Å². The highest BCUT2D eigenvalue weighted by Gasteiger charge is 2.36. The van der Waals surface area contributed by atoms with Gasteiger partial charge < -0.3 is 10.2 Å². The molecule has 0 aromatic rings. The molecule has 1 saturated heterocycles. The Bertz CT molecular complexity index is 230. The van der Waals surface area contributed by atoms with Crippen LogP contribution in [0.1, 0.15) is 12.8 Å². The summed E-state index contributed by atoms with van der Waals surface area (Å²) in [5.74, 6) is 2.84. The normalized spacial score (nSPS) is 42.1. The molecule has 2 heteroatoms. The third kappa shape index (κ3) is 1.61. The number of piperazine rings is 1. The van der Waals surface area contributed by atoms with E-state index in [4.69, 9.17) is 0 Å². The molecule has 0 radical (unpaired) electrons. The fourth-order valence-corrected chi connectivity index (χ4v) is 3.33. The summed E-state index contributed by atoms with van der Waals surface area (Å²) in [6.45, 7) is 6.26. The van der Waals surface area contributed by atoms with Crippen LogP contribution in [0.15, 0.2) is 12.2 Å². The average Bonchev–Trinajstić information content (AvgIpc) is 2.81. The van der Waals surface area contributed by atoms with Crippen LogP contribution in [0, 0.1) is 17.8 Å². The van der Waals surface area contributed by atoms with Gasteiger partial charge in [-0.25, -0.2) is 0 Å². The van der Waals surface area contributed by atoms with E-state index in [9.17, 15) is 0 Å². The van der Waals surface area contributed by atoms with Crippen molar-refractivity contribution in [1.29, 1.82) is 0 Å². The molecule has 2 fully saturated rings. The van der Waals surface area contributed by atoms with Crippen molar-refractivity contribution in [3.63, 3.8) is 0 Å². The third-order valence-electron chi connectivity index (χ3n) is 4.12. The minimum Gasteiger partial charge on any atom is -0.314 e. The molecule has 78 valence electrons. The van der Waals surface area contributed by atoms with E-state index in [1.807, 2.05) is 0 Å². The maximum Gasteiger partial charge on any atom is 0.0107 e. The number of allylic oxidation sites excluding steroid dienone is 2. The Kier molecular flexibility index (Phi) is 2.34. The molecule has 2 aliphatic carbocycles. The lowest BCUT2D eigenvalue weighted by atomic mass is 9.93. The Labute approximate surface area is 86.4 Å². The van der Waals surface area contributed by atoms with Crippen LogP contribution < -0.4 is 5.32 Å². The van der Waals surface area contributed by atoms with Crippen molar-refractivity contribution in [3.8, 4) is 0 Å². The predicted octanol–water partition coefficient (Wildman–Crippen LogP) is 1.10. The van der Waals surface area contributed by atoms with Crippen LogP contribution in [0.3, 0.4) is 0 Å². The van der Waals surface area contributed by atoms with Gasteiger partial charge in [-0.1, -0.05) is 12.2 Å². The molecule has 1 heterocycles. The van der Waals surface area contributed by atoms with Gasteiger partial charge in [-0.2, -0.15) is 0 Å². The molecule has 0 amide bonds. The minimum atomic E-state index is 0.926. The number of hydrogen-bond acceptors (Lipinski definition) is 2. The maximum atomic E-state index is 3.42. The lowest BCUT2D eigenvalue weighted by molar-refractivity contribution is 0.193. The van der Waals surface area contributed by atoms with Crippen molar-refractivity contribution in [2.45, 2.75) is 12.8 Å². The highest BCUT2D eigenvalue weighted by molar-refractivity contribution is 5.10. The smallest absolute Gasteiger partial charge is 0.0107 e. The molecule has 0 aromatic carbocycles. The Hall–Kier alpha value is -0.340. The van der Waals surface area contributed by atoms with Crippen molar-refractivity contribution < 1.29 is 0 Å². The van der Waals surface area contributed by atoms with Crippen molar-refractivity contribution in [3.05, 3.63) is 12.2 Å². The topological polar surface area (TPSA) is 15.3 Å². The molecular weight excluding hydrogens is 172 g/mol. The van der Waals surface area contributed by atoms with E-state index < -0.39 is 0 Å². The van der Waals surface area contributed by atoms with E-state index in [0.717, 1.165) is 17.8 Å². The van der Waals surface area contributed by atoms with Crippen LogP contribution in [-0.2, 0) is 0 Å². The summed E-state index contributed by atoms with van der Waals surface area (Å²) in [6.07, 6.45) is 7.84. The van der Waals surface area contributed by atoms with Gasteiger partial charge in [0.2, 0.25) is 0 Å². The summed E-state index contributed by atoms with van der Waals surface area (Å²) >= 11 is 0. The Balaban J connectivity index is 1.54. The first-order valence-electron chi connectivity index (χ1n) is 6.03. The summed E-state index contributed by atoms with van der Waals surface area (Å²) < 4.78 is 0. The number of fused-ring (bicyclic) bond motifs is 2. The summed E-state index contributed by atoms with van der Waals surface area (Å²) in [4.78, 5) is 2.65. The first-order chi connectivity index (χ1) is 6.92. The number of nitrogens with zero attached hydrogens (tertiary/aromatic N) is 1. The van der Waals surface area contributed by atoms with E-state index in [0.29, 0.717) is 0 Å². The predicted molar refractivity (Wildman–Crippen MR) is 58.2 cm³/mol. The van der Waals surface area contributed by atoms with E-state index in [2.05, 4.69) is 22.4 Å². The summed E-state index contributed by atoms with van der Waals surface area (Å²) in [5.41, 5.74) is 0. The second-order valence-electron chi connectivity index (χ2n) is 5.09. The zero-order chi connectivity index (χ0) is 9.38. The zero-order valence-corrected chi connectivity index (χ0v) is 8.78. The van der Waals surface area contributed by atoms with Gasteiger partial charge in [0.1, 0.15) is 0 Å². The van der Waals surface area contributed by atoms with E-state index in [1.165, 1.54) is 45.6 Å². The van der Waals surface area contributed by atoms with Gasteiger partial charge in [-0.3, -0.25) is 0 Å². The molecule has 3 aliphatic rings. The quantitative estimate of drug-likeness (QED) is 0.659. The van der Waals surface area contributed by atoms with Gasteiger partial charge in [0.15, 0.2) is 0 Å². The fraction of sp³-hybridized carbons (Fsp3) is 0.833. The molecule has 1 N–H and O–H groups in total. The molecule has 0 aromatic heterocycles. The van der Waals surface area contributed by atoms with Crippen molar-refractivity contribution in [2.24, 2.45) is 17.8 Å². The SMILES string of the molecule is C1=C[C@H]2C[C@H]1C[C@H]2CN1CCNCC1. The van der Waals surface area contributed by atoms with Crippen LogP contribution in [0.25, 0.3) is 0 Å². The highest BCUT2D eigenvalue weighted by Crippen LogP contribution is 2.43. The fourth-order valence-electron chi connectivity index (χ4n) is 3.33. The summed E-state index contributed by atoms with van der Waals surface area (Å²) in [7, 11) is 0. The molecule has 1 saturated carbocycles. The standard InChI is InChI=1S/C12H20N2/c1-2-11-7-10(1)8-12(11)9-14-5-3-13-4-6-14/h1-2,10-13H,3-9H2/t10-,11-,12-/m0/s1. The molecular formula is C12H20N2. The van der Waals surface area contributed by atoms with E-state index in [1.54, 1.807) is 0 Å². The van der Waals surface area contributed by atoms with Crippen molar-refractivity contribution >= 4 is 0 Å². The highest BCUT2D eigenvalue weighted by atomic mass is 15.2. The molecule has 0 unspecified atom stereocenters. The average molecular weight is 192 g/mol. The lowest BCUT2D eigenvalue weighted by Gasteiger charge is -2.31. The zero-order valence-electron chi connectivity index (χ0n) is 8.78. The van der Waals surface area contributed by atoms with E-state index in [-0.39, 0.29) is 0 Å². The molecule has 2 nitrogen and oxygen atoms in total. The van der Waals surface area contributed by atoms with Gasteiger partial charge in [0.05, 0.1) is 0 Å². The largest absolute Gasteiger partial charge is 0.314 e. The number of nitrogens with one attached hydrogen (secondary N) is 1. The van der Waals surface area contributed by atoms with Crippen molar-refractivity contribution in [2.75, 3.05) is 32.7 Å². The first-order valence-corrected chi connectivity index (χ1v) is 6.03. The van der Waals surface area contributed by atoms with Crippen LogP contribution in [0.2, 0.25) is 0 Å². The second-order valence-corrected chi connectivity index (χ2v) is 5.09. The third-order valence-corrected chi connectivity index (χ3v) is 4.12. The van der Waals surface area contributed by atoms with Crippen LogP contribution in [0.5, 0.6) is 0 Å². The summed E-state index contributed by atoms with van der Waals surface area (Å²) in [5, 5.41) is 3.42. The molecule has 1 aliphatic heterocycles. The van der Waals surface area contributed by atoms with Crippen molar-refractivity contribution in [1.82, 2.24) is 10.2 Å². The Morgan fingerprint density at radius 3 is 2.64 bits per heavy atom. The molecule has 2 bridgehead atoms. The number of rotatable bonds is 2. The summed E-state index contributed by atoms with van der Waals surface area (Å²) in [6, 6.07) is 0. The minimum absolute atomic E-state index is 0.926. The first kappa shape index (κ1) is 8.93. The van der Waals surface area contributed by atoms with Gasteiger partial charge in [0, 0.05) is 32.7 Å². The van der Waals surface area contributed by atoms with E-state index >= 15 is 0 Å². The van der Waals surface area contributed by atoms with Crippen LogP contribution >= 0.6 is 0 Å². The number of hydrogen-bond donors (Lipinski definition) is 1. The van der Waals surface area contributed by atoms with Crippen LogP contribution in [-0.4, -0.2) is 37.6 Å². The molecule has 3 atom stereocenters. The molecule has 3 rings (SSSR count).